The van der Waals surface area contributed by atoms with Crippen molar-refractivity contribution in [2.45, 2.75) is 39.2 Å². The van der Waals surface area contributed by atoms with Gasteiger partial charge in [-0.15, -0.1) is 0 Å². The van der Waals surface area contributed by atoms with E-state index in [-0.39, 0.29) is 6.54 Å². The minimum atomic E-state index is -1.14. The van der Waals surface area contributed by atoms with Gasteiger partial charge in [0.25, 0.3) is 0 Å². The van der Waals surface area contributed by atoms with Gasteiger partial charge in [0.05, 0.1) is 11.6 Å². The second-order valence-electron chi connectivity index (χ2n) is 6.90. The van der Waals surface area contributed by atoms with Crippen LogP contribution in [0.5, 0.6) is 0 Å². The maximum absolute atomic E-state index is 11.9. The number of aliphatic hydroxyl groups is 1. The summed E-state index contributed by atoms with van der Waals surface area (Å²) in [5.74, 6) is -0.184. The molecule has 0 saturated carbocycles. The lowest BCUT2D eigenvalue weighted by Crippen LogP contribution is -2.56. The zero-order chi connectivity index (χ0) is 18.2. The van der Waals surface area contributed by atoms with Crippen molar-refractivity contribution in [3.8, 4) is 0 Å². The smallest absolute Gasteiger partial charge is 0.314 e. The molecule has 1 saturated heterocycles. The van der Waals surface area contributed by atoms with Crippen LogP contribution in [0.2, 0.25) is 5.02 Å². The lowest BCUT2D eigenvalue weighted by molar-refractivity contribution is -0.158. The van der Waals surface area contributed by atoms with Crippen LogP contribution in [0.3, 0.4) is 0 Å². The number of hydrogen-bond donors (Lipinski definition) is 2. The summed E-state index contributed by atoms with van der Waals surface area (Å²) in [6.45, 7) is 4.80. The van der Waals surface area contributed by atoms with Crippen LogP contribution in [0, 0.1) is 12.3 Å². The Hall–Kier alpha value is -1.85. The highest BCUT2D eigenvalue weighted by molar-refractivity contribution is 6.31. The number of aliphatic carboxylic acids is 1. The molecule has 2 atom stereocenters. The third-order valence-electron chi connectivity index (χ3n) is 5.19. The van der Waals surface area contributed by atoms with Crippen molar-refractivity contribution in [1.82, 2.24) is 4.98 Å². The number of carboxylic acid groups (broad SMARTS) is 1. The minimum absolute atomic E-state index is 0.267. The summed E-state index contributed by atoms with van der Waals surface area (Å²) in [5, 5.41) is 21.8. The molecule has 0 bridgehead atoms. The summed E-state index contributed by atoms with van der Waals surface area (Å²) in [4.78, 5) is 18.6. The molecule has 0 unspecified atom stereocenters. The van der Waals surface area contributed by atoms with Crippen molar-refractivity contribution in [2.75, 3.05) is 18.0 Å². The number of aryl methyl sites for hydroxylation is 1. The first-order chi connectivity index (χ1) is 11.9. The van der Waals surface area contributed by atoms with Crippen molar-refractivity contribution in [2.24, 2.45) is 5.41 Å². The number of rotatable bonds is 4. The number of hydrogen-bond acceptors (Lipinski definition) is 4. The van der Waals surface area contributed by atoms with E-state index in [0.29, 0.717) is 30.8 Å². The first-order valence-corrected chi connectivity index (χ1v) is 8.98. The standard InChI is InChI=1S/C19H23ClN2O3/c1-3-7-19(18(24)25)11-22(8-6-16(19)23)17-9-12(2)14-10-13(20)4-5-15(14)21-17/h4-5,9-10,16,23H,3,6-8,11H2,1-2H3,(H,24,25)/t16-,19+/m1/s1. The monoisotopic (exact) mass is 362 g/mol. The van der Waals surface area contributed by atoms with E-state index in [1.165, 1.54) is 0 Å². The van der Waals surface area contributed by atoms with Crippen LogP contribution in [-0.4, -0.2) is 40.4 Å². The van der Waals surface area contributed by atoms with E-state index in [4.69, 9.17) is 16.6 Å². The molecule has 0 aliphatic carbocycles. The molecule has 1 aliphatic heterocycles. The van der Waals surface area contributed by atoms with Gasteiger partial charge >= 0.3 is 5.97 Å². The van der Waals surface area contributed by atoms with Gasteiger partial charge in [-0.1, -0.05) is 24.9 Å². The van der Waals surface area contributed by atoms with Crippen molar-refractivity contribution in [3.05, 3.63) is 34.9 Å². The van der Waals surface area contributed by atoms with Gasteiger partial charge in [-0.05, 0) is 49.6 Å². The Balaban J connectivity index is 2.00. The van der Waals surface area contributed by atoms with Gasteiger partial charge in [0.2, 0.25) is 0 Å². The number of anilines is 1. The van der Waals surface area contributed by atoms with E-state index >= 15 is 0 Å². The lowest BCUT2D eigenvalue weighted by Gasteiger charge is -2.44. The van der Waals surface area contributed by atoms with Gasteiger partial charge in [0, 0.05) is 23.5 Å². The Labute approximate surface area is 152 Å². The third-order valence-corrected chi connectivity index (χ3v) is 5.43. The van der Waals surface area contributed by atoms with E-state index in [0.717, 1.165) is 22.3 Å². The van der Waals surface area contributed by atoms with Gasteiger partial charge in [-0.2, -0.15) is 0 Å². The summed E-state index contributed by atoms with van der Waals surface area (Å²) in [6.07, 6.45) is 0.745. The molecule has 5 nitrogen and oxygen atoms in total. The molecule has 25 heavy (non-hydrogen) atoms. The quantitative estimate of drug-likeness (QED) is 0.868. The Kier molecular flexibility index (Phi) is 4.89. The van der Waals surface area contributed by atoms with Crippen LogP contribution in [0.25, 0.3) is 10.9 Å². The number of carbonyl (C=O) groups is 1. The van der Waals surface area contributed by atoms with Crippen LogP contribution in [-0.2, 0) is 4.79 Å². The first-order valence-electron chi connectivity index (χ1n) is 8.60. The van der Waals surface area contributed by atoms with Gasteiger partial charge in [0.1, 0.15) is 11.2 Å². The zero-order valence-corrected chi connectivity index (χ0v) is 15.3. The number of aliphatic hydroxyl groups excluding tert-OH is 1. The van der Waals surface area contributed by atoms with Crippen molar-refractivity contribution in [1.29, 1.82) is 0 Å². The fourth-order valence-electron chi connectivity index (χ4n) is 3.79. The highest BCUT2D eigenvalue weighted by Crippen LogP contribution is 2.37. The molecule has 2 heterocycles. The maximum Gasteiger partial charge on any atom is 0.314 e. The molecule has 0 spiro atoms. The van der Waals surface area contributed by atoms with E-state index < -0.39 is 17.5 Å². The fourth-order valence-corrected chi connectivity index (χ4v) is 3.97. The maximum atomic E-state index is 11.9. The molecule has 0 amide bonds. The molecule has 1 aromatic carbocycles. The summed E-state index contributed by atoms with van der Waals surface area (Å²) in [6, 6.07) is 7.54. The Morgan fingerprint density at radius 3 is 2.88 bits per heavy atom. The summed E-state index contributed by atoms with van der Waals surface area (Å²) >= 11 is 6.07. The normalized spacial score (nSPS) is 23.8. The summed E-state index contributed by atoms with van der Waals surface area (Å²) in [5.41, 5.74) is 0.740. The molecule has 134 valence electrons. The molecule has 2 N–H and O–H groups in total. The number of carboxylic acids is 1. The molecule has 1 aliphatic rings. The molecule has 1 aromatic heterocycles. The van der Waals surface area contributed by atoms with Crippen LogP contribution < -0.4 is 4.90 Å². The molecule has 3 rings (SSSR count). The second-order valence-corrected chi connectivity index (χ2v) is 7.33. The highest BCUT2D eigenvalue weighted by Gasteiger charge is 2.48. The number of piperidine rings is 1. The van der Waals surface area contributed by atoms with E-state index in [9.17, 15) is 15.0 Å². The SMILES string of the molecule is CCC[C@]1(C(=O)O)CN(c2cc(C)c3cc(Cl)ccc3n2)CC[C@H]1O. The van der Waals surface area contributed by atoms with Gasteiger partial charge in [0.15, 0.2) is 0 Å². The van der Waals surface area contributed by atoms with E-state index in [2.05, 4.69) is 0 Å². The average Bonchev–Trinajstić information content (AvgIpc) is 2.57. The number of pyridine rings is 1. The Morgan fingerprint density at radius 2 is 2.20 bits per heavy atom. The Morgan fingerprint density at radius 1 is 1.44 bits per heavy atom. The molecular weight excluding hydrogens is 340 g/mol. The predicted octanol–water partition coefficient (Wildman–Crippen LogP) is 3.64. The topological polar surface area (TPSA) is 73.7 Å². The number of fused-ring (bicyclic) bond motifs is 1. The minimum Gasteiger partial charge on any atom is -0.481 e. The van der Waals surface area contributed by atoms with Crippen molar-refractivity contribution < 1.29 is 15.0 Å². The third kappa shape index (κ3) is 3.18. The van der Waals surface area contributed by atoms with Gasteiger partial charge < -0.3 is 15.1 Å². The fraction of sp³-hybridized carbons (Fsp3) is 0.474. The van der Waals surface area contributed by atoms with Crippen LogP contribution in [0.1, 0.15) is 31.7 Å². The summed E-state index contributed by atoms with van der Waals surface area (Å²) in [7, 11) is 0. The zero-order valence-electron chi connectivity index (χ0n) is 14.5. The van der Waals surface area contributed by atoms with Crippen molar-refractivity contribution in [3.63, 3.8) is 0 Å². The predicted molar refractivity (Wildman–Crippen MR) is 99.3 cm³/mol. The highest BCUT2D eigenvalue weighted by atomic mass is 35.5. The van der Waals surface area contributed by atoms with E-state index in [1.54, 1.807) is 6.07 Å². The number of nitrogens with zero attached hydrogens (tertiary/aromatic N) is 2. The van der Waals surface area contributed by atoms with Crippen LogP contribution in [0.15, 0.2) is 24.3 Å². The Bertz CT molecular complexity index is 811. The lowest BCUT2D eigenvalue weighted by atomic mass is 9.74. The molecular formula is C19H23ClN2O3. The molecule has 0 radical (unpaired) electrons. The molecule has 6 heteroatoms. The number of benzene rings is 1. The largest absolute Gasteiger partial charge is 0.481 e. The van der Waals surface area contributed by atoms with Gasteiger partial charge in [-0.25, -0.2) is 4.98 Å². The molecule has 1 fully saturated rings. The van der Waals surface area contributed by atoms with E-state index in [1.807, 2.05) is 36.9 Å². The van der Waals surface area contributed by atoms with Crippen LogP contribution in [0.4, 0.5) is 5.82 Å². The van der Waals surface area contributed by atoms with Crippen LogP contribution >= 0.6 is 11.6 Å². The number of halogens is 1. The average molecular weight is 363 g/mol. The second kappa shape index (κ2) is 6.81. The summed E-state index contributed by atoms with van der Waals surface area (Å²) < 4.78 is 0. The first kappa shape index (κ1) is 18.0. The van der Waals surface area contributed by atoms with Crippen molar-refractivity contribution >= 4 is 34.3 Å². The van der Waals surface area contributed by atoms with Gasteiger partial charge in [-0.3, -0.25) is 4.79 Å². The number of aromatic nitrogens is 1. The molecule has 2 aromatic rings.